The molecule has 3 N–H and O–H groups in total. The van der Waals surface area contributed by atoms with Gasteiger partial charge in [0.05, 0.1) is 26.4 Å². The highest BCUT2D eigenvalue weighted by atomic mass is 31.2. The third-order valence-corrected chi connectivity index (χ3v) is 22.6. The average Bonchev–Trinajstić information content (AvgIpc) is 0.934. The number of phosphoric ester groups is 2. The van der Waals surface area contributed by atoms with Crippen molar-refractivity contribution in [1.29, 1.82) is 0 Å². The Bertz CT molecular complexity index is 2000. The van der Waals surface area contributed by atoms with Crippen molar-refractivity contribution in [2.24, 2.45) is 17.8 Å². The first kappa shape index (κ1) is 101. The fourth-order valence-corrected chi connectivity index (χ4v) is 14.5. The summed E-state index contributed by atoms with van der Waals surface area (Å²) in [5, 5.41) is 10.7. The van der Waals surface area contributed by atoms with Gasteiger partial charge in [-0.25, -0.2) is 9.13 Å². The third kappa shape index (κ3) is 74.0. The molecule has 0 spiro atoms. The van der Waals surface area contributed by atoms with E-state index in [1.54, 1.807) is 0 Å². The van der Waals surface area contributed by atoms with E-state index in [-0.39, 0.29) is 25.7 Å². The van der Waals surface area contributed by atoms with Gasteiger partial charge in [0.15, 0.2) is 12.2 Å². The zero-order valence-corrected chi connectivity index (χ0v) is 69.6. The lowest BCUT2D eigenvalue weighted by molar-refractivity contribution is -0.161. The molecule has 0 fully saturated rings. The second kappa shape index (κ2) is 74.2. The van der Waals surface area contributed by atoms with Crippen LogP contribution in [0.3, 0.4) is 0 Å². The third-order valence-electron chi connectivity index (χ3n) is 20.7. The lowest BCUT2D eigenvalue weighted by Crippen LogP contribution is -2.30. The Morgan fingerprint density at radius 2 is 0.466 bits per heavy atom. The fraction of sp³-hybridized carbons (Fsp3) is 0.952. The molecule has 103 heavy (non-hydrogen) atoms. The van der Waals surface area contributed by atoms with Gasteiger partial charge in [0.1, 0.15) is 19.3 Å². The number of aliphatic hydroxyl groups excluding tert-OH is 1. The quantitative estimate of drug-likeness (QED) is 0.0222. The molecule has 0 saturated heterocycles. The molecule has 0 aromatic heterocycles. The molecule has 19 heteroatoms. The van der Waals surface area contributed by atoms with Crippen molar-refractivity contribution in [2.75, 3.05) is 39.6 Å². The largest absolute Gasteiger partial charge is 0.472 e. The molecule has 0 aromatic carbocycles. The number of carbonyl (C=O) groups excluding carboxylic acids is 4. The molecule has 0 radical (unpaired) electrons. The van der Waals surface area contributed by atoms with Gasteiger partial charge in [-0.1, -0.05) is 389 Å². The SMILES string of the molecule is CCCCCCCCCCCCCCCCCC(=O)OC[C@H](COP(=O)(O)OC[C@@H](O)COP(=O)(O)OC[C@@H](COC(=O)CCCCCCCCCCC(C)CC)OC(=O)CCCCCCCCCCCCC(C)CC)OC(=O)CCCCCCCCCCCCCCCCCCCCC(C)CC. The minimum atomic E-state index is -4.96. The minimum Gasteiger partial charge on any atom is -0.462 e. The number of carbonyl (C=O) groups is 4. The van der Waals surface area contributed by atoms with Crippen molar-refractivity contribution >= 4 is 39.5 Å². The molecular formula is C84H164O17P2. The average molecular weight is 1510 g/mol. The Kier molecular flexibility index (Phi) is 72.8. The summed E-state index contributed by atoms with van der Waals surface area (Å²) in [6.45, 7) is 12.1. The molecule has 0 rings (SSSR count). The maximum Gasteiger partial charge on any atom is 0.472 e. The normalized spacial score (nSPS) is 14.7. The molecule has 0 aliphatic carbocycles. The first-order valence-corrected chi connectivity index (χ1v) is 46.5. The number of hydrogen-bond donors (Lipinski definition) is 3. The van der Waals surface area contributed by atoms with Crippen molar-refractivity contribution in [1.82, 2.24) is 0 Å². The Hall–Kier alpha value is -1.94. The van der Waals surface area contributed by atoms with E-state index in [0.29, 0.717) is 25.7 Å². The van der Waals surface area contributed by atoms with Gasteiger partial charge in [-0.2, -0.15) is 0 Å². The molecule has 17 nitrogen and oxygen atoms in total. The molecule has 0 aromatic rings. The van der Waals surface area contributed by atoms with Gasteiger partial charge in [-0.15, -0.1) is 0 Å². The van der Waals surface area contributed by atoms with Crippen molar-refractivity contribution < 1.29 is 80.2 Å². The van der Waals surface area contributed by atoms with Crippen molar-refractivity contribution in [2.45, 2.75) is 458 Å². The second-order valence-electron chi connectivity index (χ2n) is 30.9. The van der Waals surface area contributed by atoms with Gasteiger partial charge in [0.2, 0.25) is 0 Å². The molecular weight excluding hydrogens is 1340 g/mol. The van der Waals surface area contributed by atoms with Gasteiger partial charge in [-0.3, -0.25) is 37.3 Å². The van der Waals surface area contributed by atoms with Gasteiger partial charge < -0.3 is 33.8 Å². The Morgan fingerprint density at radius 1 is 0.272 bits per heavy atom. The van der Waals surface area contributed by atoms with Crippen LogP contribution in [0.15, 0.2) is 0 Å². The Balaban J connectivity index is 5.24. The molecule has 612 valence electrons. The van der Waals surface area contributed by atoms with E-state index in [9.17, 15) is 43.2 Å². The van der Waals surface area contributed by atoms with Crippen LogP contribution in [0, 0.1) is 17.8 Å². The highest BCUT2D eigenvalue weighted by Crippen LogP contribution is 2.45. The van der Waals surface area contributed by atoms with Gasteiger partial charge in [0, 0.05) is 25.7 Å². The van der Waals surface area contributed by atoms with Crippen LogP contribution in [-0.4, -0.2) is 96.7 Å². The molecule has 5 unspecified atom stereocenters. The predicted octanol–water partition coefficient (Wildman–Crippen LogP) is 25.3. The number of esters is 4. The molecule has 8 atom stereocenters. The van der Waals surface area contributed by atoms with Crippen LogP contribution < -0.4 is 0 Å². The first-order valence-electron chi connectivity index (χ1n) is 43.5. The lowest BCUT2D eigenvalue weighted by Gasteiger charge is -2.21. The van der Waals surface area contributed by atoms with Crippen LogP contribution in [-0.2, 0) is 65.4 Å². The van der Waals surface area contributed by atoms with Crippen molar-refractivity contribution in [3.8, 4) is 0 Å². The van der Waals surface area contributed by atoms with Crippen LogP contribution >= 0.6 is 15.6 Å². The standard InChI is InChI=1S/C84H164O17P2/c1-8-12-13-14-15-16-17-18-23-27-30-36-44-51-58-65-81(86)94-71-79(100-83(88)67-60-53-46-37-31-28-25-22-20-19-21-24-26-29-34-41-48-55-62-75(5)9-2)73-98-102(90,91)96-69-78(85)70-97-103(92,93)99-74-80(72-95-82(87)66-59-52-45-40-39-43-50-57-64-77(7)11-4)101-84(89)68-61-54-47-38-33-32-35-42-49-56-63-76(6)10-3/h75-80,85H,8-74H2,1-7H3,(H,90,91)(H,92,93)/t75?,76?,77?,78-,79-,80-/m1/s1. The molecule has 0 aliphatic rings. The molecule has 0 aliphatic heterocycles. The maximum atomic E-state index is 13.1. The van der Waals surface area contributed by atoms with E-state index in [1.165, 1.54) is 250 Å². The van der Waals surface area contributed by atoms with Gasteiger partial charge >= 0.3 is 39.5 Å². The lowest BCUT2D eigenvalue weighted by atomic mass is 9.99. The zero-order valence-electron chi connectivity index (χ0n) is 67.8. The van der Waals surface area contributed by atoms with Crippen molar-refractivity contribution in [3.05, 3.63) is 0 Å². The summed E-state index contributed by atoms with van der Waals surface area (Å²) >= 11 is 0. The molecule has 0 amide bonds. The number of hydrogen-bond acceptors (Lipinski definition) is 15. The van der Waals surface area contributed by atoms with Crippen LogP contribution in [0.1, 0.15) is 440 Å². The molecule has 0 bridgehead atoms. The summed E-state index contributed by atoms with van der Waals surface area (Å²) in [7, 11) is -9.93. The number of rotatable bonds is 82. The summed E-state index contributed by atoms with van der Waals surface area (Å²) in [4.78, 5) is 73.2. The number of unbranched alkanes of at least 4 members (excludes halogenated alkanes) is 47. The second-order valence-corrected chi connectivity index (χ2v) is 33.9. The summed E-state index contributed by atoms with van der Waals surface area (Å²) in [5.41, 5.74) is 0. The van der Waals surface area contributed by atoms with Gasteiger partial charge in [0.25, 0.3) is 0 Å². The fourth-order valence-electron chi connectivity index (χ4n) is 12.9. The number of aliphatic hydroxyl groups is 1. The minimum absolute atomic E-state index is 0.106. The highest BCUT2D eigenvalue weighted by Gasteiger charge is 2.30. The number of phosphoric acid groups is 2. The van der Waals surface area contributed by atoms with Crippen LogP contribution in [0.25, 0.3) is 0 Å². The maximum absolute atomic E-state index is 13.1. The van der Waals surface area contributed by atoms with Crippen LogP contribution in [0.2, 0.25) is 0 Å². The van der Waals surface area contributed by atoms with Gasteiger partial charge in [-0.05, 0) is 43.4 Å². The molecule has 0 heterocycles. The van der Waals surface area contributed by atoms with E-state index >= 15 is 0 Å². The van der Waals surface area contributed by atoms with Crippen LogP contribution in [0.4, 0.5) is 0 Å². The van der Waals surface area contributed by atoms with E-state index in [4.69, 9.17) is 37.0 Å². The van der Waals surface area contributed by atoms with E-state index in [1.807, 2.05) is 0 Å². The smallest absolute Gasteiger partial charge is 0.462 e. The monoisotopic (exact) mass is 1510 g/mol. The summed E-state index contributed by atoms with van der Waals surface area (Å²) < 4.78 is 68.8. The Labute approximate surface area is 632 Å². The first-order chi connectivity index (χ1) is 49.8. The van der Waals surface area contributed by atoms with Crippen LogP contribution in [0.5, 0.6) is 0 Å². The summed E-state index contributed by atoms with van der Waals surface area (Å²) in [6, 6.07) is 0. The summed E-state index contributed by atoms with van der Waals surface area (Å²) in [5.74, 6) is 0.345. The number of ether oxygens (including phenoxy) is 4. The van der Waals surface area contributed by atoms with E-state index in [2.05, 4.69) is 48.5 Å². The summed E-state index contributed by atoms with van der Waals surface area (Å²) in [6.07, 6.45) is 63.6. The van der Waals surface area contributed by atoms with Crippen molar-refractivity contribution in [3.63, 3.8) is 0 Å². The predicted molar refractivity (Wildman–Crippen MR) is 423 cm³/mol. The van der Waals surface area contributed by atoms with E-state index in [0.717, 1.165) is 108 Å². The van der Waals surface area contributed by atoms with E-state index < -0.39 is 97.5 Å². The Morgan fingerprint density at radius 3 is 0.689 bits per heavy atom. The molecule has 0 saturated carbocycles. The highest BCUT2D eigenvalue weighted by molar-refractivity contribution is 7.47. The zero-order chi connectivity index (χ0) is 75.8. The topological polar surface area (TPSA) is 237 Å².